The standard InChI is InChI=1S/C42H56Cl4N4O4/c1-3-5-7-9-11-15-23-47-35-27-31(43)33(45)29-37(35)49(25-17-21-41(51)52)39(47)19-13-14-20-40-48(24-16-12-10-8-6-4-2)36-28-32(44)34(46)30-38(36)50(40)26-18-22-42(53)54/h13-14,19-20,27-30H,3-12,15-18,21-26H2,1-2H3,(H,51,52)(H,53,54)/b14-13+,39-19-,40-20+. The highest BCUT2D eigenvalue weighted by molar-refractivity contribution is 6.43. The lowest BCUT2D eigenvalue weighted by Gasteiger charge is -2.26. The molecule has 2 aliphatic rings. The summed E-state index contributed by atoms with van der Waals surface area (Å²) in [5.41, 5.74) is 3.74. The molecule has 0 atom stereocenters. The first-order chi connectivity index (χ1) is 26.1. The van der Waals surface area contributed by atoms with E-state index >= 15 is 0 Å². The lowest BCUT2D eigenvalue weighted by Crippen LogP contribution is -2.30. The Morgan fingerprint density at radius 2 is 0.759 bits per heavy atom. The predicted octanol–water partition coefficient (Wildman–Crippen LogP) is 12.9. The number of allylic oxidation sites excluding steroid dienone is 4. The fourth-order valence-electron chi connectivity index (χ4n) is 7.16. The van der Waals surface area contributed by atoms with Gasteiger partial charge in [-0.2, -0.15) is 0 Å². The van der Waals surface area contributed by atoms with E-state index in [1.807, 2.05) is 36.4 Å². The lowest BCUT2D eigenvalue weighted by atomic mass is 10.1. The molecule has 2 heterocycles. The Hall–Kier alpha value is -3.04. The van der Waals surface area contributed by atoms with Crippen molar-refractivity contribution in [3.63, 3.8) is 0 Å². The van der Waals surface area contributed by atoms with Gasteiger partial charge in [0.15, 0.2) is 0 Å². The van der Waals surface area contributed by atoms with Gasteiger partial charge in [0.25, 0.3) is 0 Å². The molecule has 0 saturated carbocycles. The van der Waals surface area contributed by atoms with E-state index in [4.69, 9.17) is 46.4 Å². The normalized spacial score (nSPS) is 15.4. The maximum atomic E-state index is 11.5. The zero-order valence-corrected chi connectivity index (χ0v) is 34.8. The van der Waals surface area contributed by atoms with Crippen LogP contribution in [0.15, 0.2) is 60.2 Å². The van der Waals surface area contributed by atoms with Crippen LogP contribution in [-0.4, -0.2) is 48.3 Å². The third kappa shape index (κ3) is 12.2. The second-order valence-corrected chi connectivity index (χ2v) is 15.7. The first kappa shape index (κ1) is 43.7. The molecule has 0 saturated heterocycles. The molecule has 12 heteroatoms. The third-order valence-electron chi connectivity index (χ3n) is 9.92. The molecule has 0 bridgehead atoms. The molecule has 296 valence electrons. The van der Waals surface area contributed by atoms with Crippen molar-refractivity contribution in [2.24, 2.45) is 0 Å². The summed E-state index contributed by atoms with van der Waals surface area (Å²) in [5, 5.41) is 20.7. The van der Waals surface area contributed by atoms with Crippen LogP contribution in [-0.2, 0) is 9.59 Å². The number of nitrogens with zero attached hydrogens (tertiary/aromatic N) is 4. The van der Waals surface area contributed by atoms with Crippen LogP contribution in [0, 0.1) is 0 Å². The van der Waals surface area contributed by atoms with E-state index in [0.29, 0.717) is 46.0 Å². The molecule has 0 fully saturated rings. The molecule has 54 heavy (non-hydrogen) atoms. The molecule has 2 aromatic rings. The Morgan fingerprint density at radius 3 is 1.06 bits per heavy atom. The number of hydrogen-bond donors (Lipinski definition) is 2. The second kappa shape index (κ2) is 22.5. The van der Waals surface area contributed by atoms with Crippen LogP contribution in [0.2, 0.25) is 20.1 Å². The first-order valence-corrected chi connectivity index (χ1v) is 21.2. The van der Waals surface area contributed by atoms with E-state index in [9.17, 15) is 19.8 Å². The highest BCUT2D eigenvalue weighted by Gasteiger charge is 2.33. The average Bonchev–Trinajstić information content (AvgIpc) is 3.55. The number of hydrogen-bond acceptors (Lipinski definition) is 6. The van der Waals surface area contributed by atoms with E-state index in [2.05, 4.69) is 45.6 Å². The van der Waals surface area contributed by atoms with Crippen LogP contribution in [0.4, 0.5) is 22.7 Å². The van der Waals surface area contributed by atoms with Crippen LogP contribution < -0.4 is 19.6 Å². The molecule has 0 spiro atoms. The van der Waals surface area contributed by atoms with Gasteiger partial charge in [-0.25, -0.2) is 0 Å². The van der Waals surface area contributed by atoms with Gasteiger partial charge in [0.05, 0.1) is 42.8 Å². The van der Waals surface area contributed by atoms with Crippen molar-refractivity contribution in [3.05, 3.63) is 80.3 Å². The van der Waals surface area contributed by atoms with Crippen LogP contribution in [0.1, 0.15) is 117 Å². The zero-order valence-electron chi connectivity index (χ0n) is 31.8. The summed E-state index contributed by atoms with van der Waals surface area (Å²) >= 11 is 26.2. The summed E-state index contributed by atoms with van der Waals surface area (Å²) in [6.45, 7) is 7.02. The molecule has 8 nitrogen and oxygen atoms in total. The number of rotatable bonds is 24. The van der Waals surface area contributed by atoms with Gasteiger partial charge in [-0.15, -0.1) is 0 Å². The number of aliphatic carboxylic acids is 2. The molecule has 0 unspecified atom stereocenters. The summed E-state index contributed by atoms with van der Waals surface area (Å²) < 4.78 is 0. The minimum Gasteiger partial charge on any atom is -0.481 e. The van der Waals surface area contributed by atoms with Gasteiger partial charge in [0, 0.05) is 39.0 Å². The quantitative estimate of drug-likeness (QED) is 0.101. The minimum atomic E-state index is -0.830. The number of fused-ring (bicyclic) bond motifs is 2. The molecule has 0 aliphatic carbocycles. The van der Waals surface area contributed by atoms with Gasteiger partial charge in [-0.05, 0) is 62.1 Å². The number of benzene rings is 2. The number of carboxylic acid groups (broad SMARTS) is 2. The summed E-state index contributed by atoms with van der Waals surface area (Å²) in [7, 11) is 0. The van der Waals surface area contributed by atoms with Crippen molar-refractivity contribution in [1.29, 1.82) is 0 Å². The molecule has 2 N–H and O–H groups in total. The SMILES string of the molecule is CCCCCCCCN1/C(=C/C=C/C=C2\N(CCCCCCCC)c3cc(Cl)c(Cl)cc3N2CCCC(=O)O)N(CCCC(=O)O)c2cc(Cl)c(Cl)cc21. The number of carboxylic acids is 2. The predicted molar refractivity (Wildman–Crippen MR) is 228 cm³/mol. The summed E-state index contributed by atoms with van der Waals surface area (Å²) in [5.74, 6) is 0.214. The Kier molecular flexibility index (Phi) is 18.2. The van der Waals surface area contributed by atoms with Crippen molar-refractivity contribution >= 4 is 81.1 Å². The van der Waals surface area contributed by atoms with E-state index in [0.717, 1.165) is 73.2 Å². The number of anilines is 4. The summed E-state index contributed by atoms with van der Waals surface area (Å²) in [6, 6.07) is 7.58. The monoisotopic (exact) mass is 820 g/mol. The maximum Gasteiger partial charge on any atom is 0.303 e. The lowest BCUT2D eigenvalue weighted by molar-refractivity contribution is -0.138. The molecular weight excluding hydrogens is 766 g/mol. The first-order valence-electron chi connectivity index (χ1n) is 19.7. The van der Waals surface area contributed by atoms with Crippen molar-refractivity contribution < 1.29 is 19.8 Å². The highest BCUT2D eigenvalue weighted by Crippen LogP contribution is 2.47. The van der Waals surface area contributed by atoms with Crippen LogP contribution in [0.3, 0.4) is 0 Å². The maximum absolute atomic E-state index is 11.5. The fourth-order valence-corrected chi connectivity index (χ4v) is 7.79. The topological polar surface area (TPSA) is 87.6 Å². The molecular formula is C42H56Cl4N4O4. The van der Waals surface area contributed by atoms with Gasteiger partial charge in [0.2, 0.25) is 0 Å². The van der Waals surface area contributed by atoms with E-state index in [1.165, 1.54) is 51.4 Å². The largest absolute Gasteiger partial charge is 0.481 e. The Balaban J connectivity index is 1.69. The Morgan fingerprint density at radius 1 is 0.481 bits per heavy atom. The second-order valence-electron chi connectivity index (χ2n) is 14.1. The molecule has 0 amide bonds. The van der Waals surface area contributed by atoms with Gasteiger partial charge in [-0.1, -0.05) is 137 Å². The van der Waals surface area contributed by atoms with E-state index in [1.54, 1.807) is 0 Å². The van der Waals surface area contributed by atoms with Crippen LogP contribution in [0.5, 0.6) is 0 Å². The molecule has 2 aromatic carbocycles. The molecule has 0 aromatic heterocycles. The van der Waals surface area contributed by atoms with Crippen molar-refractivity contribution in [2.45, 2.75) is 117 Å². The number of unbranched alkanes of at least 4 members (excludes halogenated alkanes) is 10. The van der Waals surface area contributed by atoms with Crippen molar-refractivity contribution in [2.75, 3.05) is 45.8 Å². The Bertz CT molecular complexity index is 1540. The van der Waals surface area contributed by atoms with Gasteiger partial charge >= 0.3 is 11.9 Å². The van der Waals surface area contributed by atoms with Crippen LogP contribution in [0.25, 0.3) is 0 Å². The van der Waals surface area contributed by atoms with Gasteiger partial charge in [-0.3, -0.25) is 9.59 Å². The van der Waals surface area contributed by atoms with E-state index in [-0.39, 0.29) is 12.8 Å². The molecule has 4 rings (SSSR count). The highest BCUT2D eigenvalue weighted by atomic mass is 35.5. The van der Waals surface area contributed by atoms with Gasteiger partial charge < -0.3 is 29.8 Å². The smallest absolute Gasteiger partial charge is 0.303 e. The van der Waals surface area contributed by atoms with Crippen LogP contribution >= 0.6 is 46.4 Å². The minimum absolute atomic E-state index is 0.0561. The van der Waals surface area contributed by atoms with Gasteiger partial charge in [0.1, 0.15) is 11.6 Å². The van der Waals surface area contributed by atoms with Crippen molar-refractivity contribution in [1.82, 2.24) is 0 Å². The van der Waals surface area contributed by atoms with Crippen molar-refractivity contribution in [3.8, 4) is 0 Å². The third-order valence-corrected chi connectivity index (χ3v) is 11.4. The average molecular weight is 823 g/mol. The zero-order chi connectivity index (χ0) is 39.0. The van der Waals surface area contributed by atoms with E-state index < -0.39 is 11.9 Å². The number of halogens is 4. The molecule has 2 aliphatic heterocycles. The fraction of sp³-hybridized carbons (Fsp3) is 0.524. The Labute approximate surface area is 342 Å². The number of carbonyl (C=O) groups is 2. The summed E-state index contributed by atoms with van der Waals surface area (Å²) in [6.07, 6.45) is 23.1. The summed E-state index contributed by atoms with van der Waals surface area (Å²) in [4.78, 5) is 31.8. The molecule has 0 radical (unpaired) electrons.